The molecule has 2 heteroatoms. The minimum Gasteiger partial charge on any atom is -0.292 e. The first kappa shape index (κ1) is 30.8. The largest absolute Gasteiger partial charge is 0.292 e. The number of imidazole rings is 1. The Bertz CT molecular complexity index is 3120. The zero-order chi connectivity index (χ0) is 36.0. The first-order valence-corrected chi connectivity index (χ1v) is 18.8. The van der Waals surface area contributed by atoms with Crippen LogP contribution in [0, 0.1) is 0 Å². The van der Waals surface area contributed by atoms with Gasteiger partial charge in [0.2, 0.25) is 0 Å². The number of para-hydroxylation sites is 3. The van der Waals surface area contributed by atoms with Crippen LogP contribution in [0.5, 0.6) is 0 Å². The highest BCUT2D eigenvalue weighted by atomic mass is 15.1. The van der Waals surface area contributed by atoms with Gasteiger partial charge in [-0.1, -0.05) is 159 Å². The van der Waals surface area contributed by atoms with E-state index in [-0.39, 0.29) is 5.41 Å². The van der Waals surface area contributed by atoms with Gasteiger partial charge in [-0.15, -0.1) is 0 Å². The quantitative estimate of drug-likeness (QED) is 0.168. The molecule has 0 unspecified atom stereocenters. The van der Waals surface area contributed by atoms with Gasteiger partial charge >= 0.3 is 0 Å². The Morgan fingerprint density at radius 3 is 1.93 bits per heavy atom. The normalized spacial score (nSPS) is 13.1. The van der Waals surface area contributed by atoms with Crippen molar-refractivity contribution in [3.05, 3.63) is 193 Å². The van der Waals surface area contributed by atoms with Gasteiger partial charge in [0.05, 0.1) is 11.0 Å². The molecule has 0 amide bonds. The summed E-state index contributed by atoms with van der Waals surface area (Å²) < 4.78 is 2.34. The fraction of sp³-hybridized carbons (Fsp3) is 0.0577. The van der Waals surface area contributed by atoms with Crippen molar-refractivity contribution < 1.29 is 0 Å². The molecular weight excluding hydrogens is 653 g/mol. The van der Waals surface area contributed by atoms with Crippen molar-refractivity contribution in [3.8, 4) is 50.5 Å². The van der Waals surface area contributed by atoms with Crippen LogP contribution in [0.1, 0.15) is 25.0 Å². The summed E-state index contributed by atoms with van der Waals surface area (Å²) in [4.78, 5) is 5.44. The molecule has 0 atom stereocenters. The van der Waals surface area contributed by atoms with E-state index in [1.165, 1.54) is 76.8 Å². The lowest BCUT2D eigenvalue weighted by atomic mass is 9.80. The van der Waals surface area contributed by atoms with Crippen molar-refractivity contribution in [2.75, 3.05) is 0 Å². The van der Waals surface area contributed by atoms with Crippen LogP contribution in [0.3, 0.4) is 0 Å². The predicted molar refractivity (Wildman–Crippen MR) is 227 cm³/mol. The van der Waals surface area contributed by atoms with E-state index in [9.17, 15) is 0 Å². The Labute approximate surface area is 314 Å². The number of nitrogens with zero attached hydrogens (tertiary/aromatic N) is 2. The molecular formula is C52H36N2. The lowest BCUT2D eigenvalue weighted by molar-refractivity contribution is 0.660. The number of rotatable bonds is 4. The van der Waals surface area contributed by atoms with Gasteiger partial charge in [0.25, 0.3) is 0 Å². The lowest BCUT2D eigenvalue weighted by Crippen LogP contribution is -2.14. The molecule has 0 saturated heterocycles. The van der Waals surface area contributed by atoms with Crippen molar-refractivity contribution in [2.24, 2.45) is 0 Å². The number of benzene rings is 9. The molecule has 1 aliphatic carbocycles. The van der Waals surface area contributed by atoms with Crippen LogP contribution in [-0.4, -0.2) is 9.55 Å². The molecule has 0 saturated carbocycles. The summed E-state index contributed by atoms with van der Waals surface area (Å²) in [6.45, 7) is 4.74. The van der Waals surface area contributed by atoms with Crippen molar-refractivity contribution in [1.82, 2.24) is 9.55 Å². The molecule has 0 spiro atoms. The second-order valence-electron chi connectivity index (χ2n) is 15.1. The minimum atomic E-state index is -0.109. The molecule has 254 valence electrons. The van der Waals surface area contributed by atoms with Gasteiger partial charge in [-0.25, -0.2) is 4.98 Å². The standard InChI is InChI=1S/C52H36N2/c1-52(2)45-24-11-10-20-39(45)40-29-28-35(32-46(40)52)49-41-21-8-9-22-42(41)50(51-53-47-25-12-13-26-48(47)54(51)36-17-4-3-5-18-36)43-30-27-34(31-44(43)49)38-23-14-16-33-15-6-7-19-37(33)38/h3-32H,1-2H3. The minimum absolute atomic E-state index is 0.109. The lowest BCUT2D eigenvalue weighted by Gasteiger charge is -2.23. The van der Waals surface area contributed by atoms with Crippen molar-refractivity contribution >= 4 is 43.4 Å². The van der Waals surface area contributed by atoms with Crippen LogP contribution in [0.2, 0.25) is 0 Å². The average Bonchev–Trinajstić information content (AvgIpc) is 3.71. The first-order chi connectivity index (χ1) is 26.6. The summed E-state index contributed by atoms with van der Waals surface area (Å²) in [7, 11) is 0. The molecule has 1 heterocycles. The third-order valence-corrected chi connectivity index (χ3v) is 11.8. The second kappa shape index (κ2) is 11.6. The van der Waals surface area contributed by atoms with E-state index in [0.717, 1.165) is 28.1 Å². The molecule has 0 bridgehead atoms. The zero-order valence-electron chi connectivity index (χ0n) is 30.2. The van der Waals surface area contributed by atoms with Crippen molar-refractivity contribution in [2.45, 2.75) is 19.3 Å². The van der Waals surface area contributed by atoms with E-state index < -0.39 is 0 Å². The van der Waals surface area contributed by atoms with Crippen molar-refractivity contribution in [1.29, 1.82) is 0 Å². The fourth-order valence-corrected chi connectivity index (χ4v) is 9.27. The van der Waals surface area contributed by atoms with Gasteiger partial charge < -0.3 is 0 Å². The van der Waals surface area contributed by atoms with Gasteiger partial charge in [0, 0.05) is 16.7 Å². The van der Waals surface area contributed by atoms with Crippen molar-refractivity contribution in [3.63, 3.8) is 0 Å². The van der Waals surface area contributed by atoms with Crippen LogP contribution in [0.15, 0.2) is 182 Å². The maximum absolute atomic E-state index is 5.44. The molecule has 1 aromatic heterocycles. The highest BCUT2D eigenvalue weighted by molar-refractivity contribution is 6.22. The first-order valence-electron chi connectivity index (χ1n) is 18.8. The third-order valence-electron chi connectivity index (χ3n) is 11.8. The summed E-state index contributed by atoms with van der Waals surface area (Å²) in [5.41, 5.74) is 14.5. The molecule has 0 aliphatic heterocycles. The Balaban J connectivity index is 1.27. The SMILES string of the molecule is CC1(C)c2ccccc2-c2ccc(-c3c4ccccc4c(-c4nc5ccccc5n4-c4ccccc4)c4ccc(-c5cccc6ccccc56)cc34)cc21. The average molecular weight is 689 g/mol. The van der Waals surface area contributed by atoms with E-state index in [1.54, 1.807) is 0 Å². The maximum Gasteiger partial charge on any atom is 0.146 e. The Hall–Kier alpha value is -6.77. The fourth-order valence-electron chi connectivity index (χ4n) is 9.27. The van der Waals surface area contributed by atoms with Gasteiger partial charge in [0.1, 0.15) is 5.82 Å². The van der Waals surface area contributed by atoms with E-state index in [2.05, 4.69) is 200 Å². The molecule has 9 aromatic carbocycles. The summed E-state index contributed by atoms with van der Waals surface area (Å²) in [6.07, 6.45) is 0. The number of aromatic nitrogens is 2. The summed E-state index contributed by atoms with van der Waals surface area (Å²) >= 11 is 0. The van der Waals surface area contributed by atoms with E-state index in [4.69, 9.17) is 4.98 Å². The Morgan fingerprint density at radius 1 is 0.426 bits per heavy atom. The number of fused-ring (bicyclic) bond motifs is 7. The van der Waals surface area contributed by atoms with Gasteiger partial charge in [-0.3, -0.25) is 4.57 Å². The van der Waals surface area contributed by atoms with Crippen LogP contribution in [0.4, 0.5) is 0 Å². The molecule has 0 fully saturated rings. The molecule has 11 rings (SSSR count). The monoisotopic (exact) mass is 688 g/mol. The van der Waals surface area contributed by atoms with Crippen LogP contribution < -0.4 is 0 Å². The van der Waals surface area contributed by atoms with Crippen LogP contribution in [0.25, 0.3) is 93.8 Å². The summed E-state index contributed by atoms with van der Waals surface area (Å²) in [5.74, 6) is 0.943. The third kappa shape index (κ3) is 4.44. The molecule has 0 N–H and O–H groups in total. The number of hydrogen-bond donors (Lipinski definition) is 0. The summed E-state index contributed by atoms with van der Waals surface area (Å²) in [5, 5.41) is 7.30. The number of hydrogen-bond acceptors (Lipinski definition) is 1. The Morgan fingerprint density at radius 2 is 1.06 bits per heavy atom. The van der Waals surface area contributed by atoms with Gasteiger partial charge in [-0.2, -0.15) is 0 Å². The van der Waals surface area contributed by atoms with Gasteiger partial charge in [0.15, 0.2) is 0 Å². The van der Waals surface area contributed by atoms with E-state index in [0.29, 0.717) is 0 Å². The molecule has 1 aliphatic rings. The molecule has 0 radical (unpaired) electrons. The van der Waals surface area contributed by atoms with E-state index in [1.807, 2.05) is 0 Å². The smallest absolute Gasteiger partial charge is 0.146 e. The maximum atomic E-state index is 5.44. The topological polar surface area (TPSA) is 17.8 Å². The van der Waals surface area contributed by atoms with Crippen LogP contribution in [-0.2, 0) is 5.41 Å². The van der Waals surface area contributed by atoms with Gasteiger partial charge in [-0.05, 0) is 113 Å². The predicted octanol–water partition coefficient (Wildman–Crippen LogP) is 13.8. The second-order valence-corrected chi connectivity index (χ2v) is 15.1. The highest BCUT2D eigenvalue weighted by Crippen LogP contribution is 2.52. The summed E-state index contributed by atoms with van der Waals surface area (Å²) in [6, 6.07) is 66.6. The highest BCUT2D eigenvalue weighted by Gasteiger charge is 2.35. The van der Waals surface area contributed by atoms with Crippen LogP contribution >= 0.6 is 0 Å². The Kier molecular flexibility index (Phi) is 6.63. The molecule has 10 aromatic rings. The van der Waals surface area contributed by atoms with E-state index >= 15 is 0 Å². The molecule has 54 heavy (non-hydrogen) atoms. The molecule has 2 nitrogen and oxygen atoms in total. The zero-order valence-corrected chi connectivity index (χ0v) is 30.2.